The number of rotatable bonds is 4. The number of sulfone groups is 1. The maximum Gasteiger partial charge on any atom is 0.246 e. The number of halogens is 2. The average molecular weight is 387 g/mol. The van der Waals surface area contributed by atoms with E-state index in [1.807, 2.05) is 0 Å². The van der Waals surface area contributed by atoms with E-state index in [9.17, 15) is 25.6 Å². The number of nitrogens with zero attached hydrogens (tertiary/aromatic N) is 1. The number of hydrogen-bond acceptors (Lipinski definition) is 4. The third-order valence-corrected chi connectivity index (χ3v) is 8.20. The Morgan fingerprint density at radius 2 is 1.64 bits per heavy atom. The summed E-state index contributed by atoms with van der Waals surface area (Å²) in [5, 5.41) is -0.929. The highest BCUT2D eigenvalue weighted by molar-refractivity contribution is 7.92. The topological polar surface area (TPSA) is 71.5 Å². The van der Waals surface area contributed by atoms with Gasteiger partial charge in [0.25, 0.3) is 0 Å². The van der Waals surface area contributed by atoms with E-state index in [0.29, 0.717) is 6.07 Å². The Morgan fingerprint density at radius 1 is 0.960 bits per heavy atom. The van der Waals surface area contributed by atoms with Crippen LogP contribution in [-0.2, 0) is 19.9 Å². The van der Waals surface area contributed by atoms with Crippen molar-refractivity contribution in [2.24, 2.45) is 0 Å². The van der Waals surface area contributed by atoms with Gasteiger partial charge in [-0.2, -0.15) is 4.31 Å². The molecule has 0 aliphatic carbocycles. The number of sulfonamides is 1. The fourth-order valence-corrected chi connectivity index (χ4v) is 6.17. The summed E-state index contributed by atoms with van der Waals surface area (Å²) < 4.78 is 78.3. The molecule has 9 heteroatoms. The van der Waals surface area contributed by atoms with Gasteiger partial charge in [-0.05, 0) is 36.8 Å². The van der Waals surface area contributed by atoms with Crippen LogP contribution in [0.2, 0.25) is 0 Å². The van der Waals surface area contributed by atoms with E-state index in [0.717, 1.165) is 16.4 Å². The van der Waals surface area contributed by atoms with Crippen LogP contribution in [0.1, 0.15) is 6.42 Å². The van der Waals surface area contributed by atoms with Crippen LogP contribution in [0.5, 0.6) is 0 Å². The summed E-state index contributed by atoms with van der Waals surface area (Å²) in [5.74, 6) is -1.96. The molecule has 2 aromatic carbocycles. The molecule has 1 saturated heterocycles. The first-order valence-electron chi connectivity index (χ1n) is 7.47. The molecule has 0 radical (unpaired) electrons. The maximum absolute atomic E-state index is 13.8. The minimum Gasteiger partial charge on any atom is -0.223 e. The van der Waals surface area contributed by atoms with Gasteiger partial charge in [0.05, 0.1) is 10.1 Å². The summed E-state index contributed by atoms with van der Waals surface area (Å²) in [7, 11) is -8.02. The molecule has 3 rings (SSSR count). The molecule has 1 aliphatic rings. The van der Waals surface area contributed by atoms with Crippen molar-refractivity contribution in [1.29, 1.82) is 0 Å². The fourth-order valence-electron chi connectivity index (χ4n) is 2.79. The van der Waals surface area contributed by atoms with E-state index in [-0.39, 0.29) is 24.4 Å². The lowest BCUT2D eigenvalue weighted by molar-refractivity contribution is 0.467. The monoisotopic (exact) mass is 387 g/mol. The zero-order valence-corrected chi connectivity index (χ0v) is 14.6. The van der Waals surface area contributed by atoms with Crippen molar-refractivity contribution in [3.63, 3.8) is 0 Å². The van der Waals surface area contributed by atoms with Gasteiger partial charge in [0.1, 0.15) is 16.5 Å². The quantitative estimate of drug-likeness (QED) is 0.806. The van der Waals surface area contributed by atoms with Crippen LogP contribution in [0.3, 0.4) is 0 Å². The molecule has 0 bridgehead atoms. The fraction of sp³-hybridized carbons (Fsp3) is 0.250. The molecule has 25 heavy (non-hydrogen) atoms. The first-order chi connectivity index (χ1) is 11.7. The lowest BCUT2D eigenvalue weighted by Crippen LogP contribution is -2.32. The molecule has 0 amide bonds. The predicted molar refractivity (Wildman–Crippen MR) is 87.1 cm³/mol. The predicted octanol–water partition coefficient (Wildman–Crippen LogP) is 2.20. The molecular formula is C16H15F2NO4S2. The van der Waals surface area contributed by atoms with Crippen LogP contribution in [-0.4, -0.2) is 39.5 Å². The van der Waals surface area contributed by atoms with E-state index in [2.05, 4.69) is 0 Å². The summed E-state index contributed by atoms with van der Waals surface area (Å²) in [6, 6.07) is 9.88. The lowest BCUT2D eigenvalue weighted by atomic mass is 10.3. The summed E-state index contributed by atoms with van der Waals surface area (Å²) in [5.41, 5.74) is 0. The summed E-state index contributed by atoms with van der Waals surface area (Å²) in [6.45, 7) is -0.371. The summed E-state index contributed by atoms with van der Waals surface area (Å²) in [4.78, 5) is -0.679. The smallest absolute Gasteiger partial charge is 0.223 e. The molecule has 5 nitrogen and oxygen atoms in total. The minimum absolute atomic E-state index is 0.0744. The van der Waals surface area contributed by atoms with Gasteiger partial charge in [0.2, 0.25) is 10.0 Å². The van der Waals surface area contributed by atoms with Crippen molar-refractivity contribution in [3.8, 4) is 0 Å². The Morgan fingerprint density at radius 3 is 2.32 bits per heavy atom. The molecule has 0 saturated carbocycles. The molecule has 134 valence electrons. The van der Waals surface area contributed by atoms with Crippen molar-refractivity contribution < 1.29 is 25.6 Å². The van der Waals surface area contributed by atoms with E-state index in [1.165, 1.54) is 12.1 Å². The largest absolute Gasteiger partial charge is 0.246 e. The summed E-state index contributed by atoms with van der Waals surface area (Å²) in [6.07, 6.45) is 0.0907. The van der Waals surface area contributed by atoms with Crippen LogP contribution < -0.4 is 0 Å². The molecule has 1 aliphatic heterocycles. The van der Waals surface area contributed by atoms with E-state index in [1.54, 1.807) is 18.2 Å². The van der Waals surface area contributed by atoms with Crippen LogP contribution in [0.25, 0.3) is 0 Å². The normalized spacial score (nSPS) is 19.2. The first kappa shape index (κ1) is 18.0. The van der Waals surface area contributed by atoms with Crippen molar-refractivity contribution >= 4 is 19.9 Å². The van der Waals surface area contributed by atoms with Crippen molar-refractivity contribution in [2.45, 2.75) is 21.5 Å². The van der Waals surface area contributed by atoms with Gasteiger partial charge in [-0.3, -0.25) is 0 Å². The molecule has 1 atom stereocenters. The highest BCUT2D eigenvalue weighted by Gasteiger charge is 2.40. The van der Waals surface area contributed by atoms with E-state index >= 15 is 0 Å². The Balaban J connectivity index is 1.89. The second-order valence-electron chi connectivity index (χ2n) is 5.71. The Kier molecular flexibility index (Phi) is 4.65. The second kappa shape index (κ2) is 6.47. The molecule has 1 heterocycles. The average Bonchev–Trinajstić information content (AvgIpc) is 3.09. The molecule has 0 N–H and O–H groups in total. The first-order valence-corrected chi connectivity index (χ1v) is 10.5. The van der Waals surface area contributed by atoms with E-state index < -0.39 is 41.6 Å². The zero-order chi connectivity index (χ0) is 18.2. The van der Waals surface area contributed by atoms with Gasteiger partial charge in [-0.1, -0.05) is 18.2 Å². The molecule has 2 aromatic rings. The maximum atomic E-state index is 13.8. The molecule has 0 aromatic heterocycles. The SMILES string of the molecule is O=S(=O)(c1ccccc1)C1CCN(S(=O)(=O)c2cc(F)ccc2F)C1. The van der Waals surface area contributed by atoms with Crippen LogP contribution in [0.15, 0.2) is 58.3 Å². The van der Waals surface area contributed by atoms with Gasteiger partial charge in [0.15, 0.2) is 9.84 Å². The summed E-state index contributed by atoms with van der Waals surface area (Å²) >= 11 is 0. The van der Waals surface area contributed by atoms with Gasteiger partial charge in [-0.15, -0.1) is 0 Å². The Hall–Kier alpha value is -1.84. The van der Waals surface area contributed by atoms with E-state index in [4.69, 9.17) is 0 Å². The van der Waals surface area contributed by atoms with Crippen LogP contribution >= 0.6 is 0 Å². The molecule has 0 spiro atoms. The zero-order valence-electron chi connectivity index (χ0n) is 13.0. The minimum atomic E-state index is -4.31. The highest BCUT2D eigenvalue weighted by Crippen LogP contribution is 2.29. The van der Waals surface area contributed by atoms with Crippen LogP contribution in [0.4, 0.5) is 8.78 Å². The van der Waals surface area contributed by atoms with Gasteiger partial charge in [-0.25, -0.2) is 25.6 Å². The third kappa shape index (κ3) is 3.31. The number of benzene rings is 2. The lowest BCUT2D eigenvalue weighted by Gasteiger charge is -2.17. The van der Waals surface area contributed by atoms with Crippen molar-refractivity contribution in [3.05, 3.63) is 60.2 Å². The third-order valence-electron chi connectivity index (χ3n) is 4.13. The van der Waals surface area contributed by atoms with Crippen LogP contribution in [0, 0.1) is 11.6 Å². The van der Waals surface area contributed by atoms with Gasteiger partial charge >= 0.3 is 0 Å². The van der Waals surface area contributed by atoms with Gasteiger partial charge < -0.3 is 0 Å². The number of hydrogen-bond donors (Lipinski definition) is 0. The van der Waals surface area contributed by atoms with Gasteiger partial charge in [0, 0.05) is 13.1 Å². The Bertz CT molecular complexity index is 992. The highest BCUT2D eigenvalue weighted by atomic mass is 32.2. The molecule has 1 fully saturated rings. The molecule has 1 unspecified atom stereocenters. The molecular weight excluding hydrogens is 372 g/mol. The van der Waals surface area contributed by atoms with Crippen molar-refractivity contribution in [1.82, 2.24) is 4.31 Å². The standard InChI is InChI=1S/C16H15F2NO4S2/c17-12-6-7-15(18)16(10-12)25(22,23)19-9-8-14(11-19)24(20,21)13-4-2-1-3-5-13/h1-7,10,14H,8-9,11H2. The second-order valence-corrected chi connectivity index (χ2v) is 9.84. The Labute approximate surface area is 144 Å². The van der Waals surface area contributed by atoms with Crippen molar-refractivity contribution in [2.75, 3.05) is 13.1 Å².